The molecule has 6 heteroatoms. The van der Waals surface area contributed by atoms with Crippen LogP contribution in [0.5, 0.6) is 0 Å². The third kappa shape index (κ3) is 4.21. The van der Waals surface area contributed by atoms with Gasteiger partial charge in [0.15, 0.2) is 0 Å². The van der Waals surface area contributed by atoms with Crippen molar-refractivity contribution >= 4 is 23.6 Å². The number of carbonyl (C=O) groups is 2. The second kappa shape index (κ2) is 6.30. The highest BCUT2D eigenvalue weighted by molar-refractivity contribution is 7.98. The molecule has 5 nitrogen and oxygen atoms in total. The zero-order chi connectivity index (χ0) is 11.9. The molecule has 1 atom stereocenters. The molecule has 15 heavy (non-hydrogen) atoms. The minimum absolute atomic E-state index is 0.124. The van der Waals surface area contributed by atoms with Crippen LogP contribution in [0.3, 0.4) is 0 Å². The fourth-order valence-electron chi connectivity index (χ4n) is 1.14. The van der Waals surface area contributed by atoms with E-state index in [0.717, 1.165) is 5.75 Å². The van der Waals surface area contributed by atoms with Crippen LogP contribution in [0.4, 0.5) is 0 Å². The molecule has 0 aromatic heterocycles. The van der Waals surface area contributed by atoms with Crippen molar-refractivity contribution in [3.8, 4) is 6.07 Å². The van der Waals surface area contributed by atoms with Crippen molar-refractivity contribution in [2.24, 2.45) is 0 Å². The molecule has 0 saturated carbocycles. The van der Waals surface area contributed by atoms with E-state index in [2.05, 4.69) is 5.32 Å². The summed E-state index contributed by atoms with van der Waals surface area (Å²) in [6, 6.07) is 1.66. The van der Waals surface area contributed by atoms with Crippen molar-refractivity contribution in [3.63, 3.8) is 0 Å². The fraction of sp³-hybridized carbons (Fsp3) is 0.667. The van der Waals surface area contributed by atoms with Crippen LogP contribution >= 0.6 is 11.8 Å². The molecule has 2 N–H and O–H groups in total. The van der Waals surface area contributed by atoms with Gasteiger partial charge in [-0.2, -0.15) is 17.0 Å². The van der Waals surface area contributed by atoms with Gasteiger partial charge in [0.2, 0.25) is 11.4 Å². The maximum atomic E-state index is 10.9. The van der Waals surface area contributed by atoms with Gasteiger partial charge in [0, 0.05) is 6.92 Å². The Hall–Kier alpha value is -1.22. The Balaban J connectivity index is 4.61. The van der Waals surface area contributed by atoms with E-state index in [1.54, 1.807) is 17.8 Å². The van der Waals surface area contributed by atoms with Crippen molar-refractivity contribution in [2.45, 2.75) is 25.3 Å². The number of rotatable bonds is 6. The predicted octanol–water partition coefficient (Wildman–Crippen LogP) is 0.613. The molecule has 0 aliphatic heterocycles. The first kappa shape index (κ1) is 13.8. The van der Waals surface area contributed by atoms with E-state index in [9.17, 15) is 9.59 Å². The number of amides is 1. The number of thioether (sulfide) groups is 1. The first-order valence-electron chi connectivity index (χ1n) is 4.41. The summed E-state index contributed by atoms with van der Waals surface area (Å²) in [5.74, 6) is -1.06. The van der Waals surface area contributed by atoms with Crippen LogP contribution in [0, 0.1) is 11.3 Å². The van der Waals surface area contributed by atoms with Crippen LogP contribution in [0.25, 0.3) is 0 Å². The topological polar surface area (TPSA) is 90.2 Å². The lowest BCUT2D eigenvalue weighted by molar-refractivity contribution is -0.145. The largest absolute Gasteiger partial charge is 0.479 e. The number of hydrogen-bond acceptors (Lipinski definition) is 4. The molecule has 0 bridgehead atoms. The number of aliphatic carboxylic acids is 1. The first-order chi connectivity index (χ1) is 6.98. The van der Waals surface area contributed by atoms with Crippen LogP contribution in [0.2, 0.25) is 0 Å². The lowest BCUT2D eigenvalue weighted by Crippen LogP contribution is -2.53. The average Bonchev–Trinajstić information content (AvgIpc) is 2.15. The monoisotopic (exact) mass is 230 g/mol. The van der Waals surface area contributed by atoms with Crippen LogP contribution in [-0.2, 0) is 9.59 Å². The Morgan fingerprint density at radius 1 is 1.60 bits per heavy atom. The highest BCUT2D eigenvalue weighted by Crippen LogP contribution is 2.14. The summed E-state index contributed by atoms with van der Waals surface area (Å²) >= 11 is 1.57. The first-order valence-corrected chi connectivity index (χ1v) is 5.80. The fourth-order valence-corrected chi connectivity index (χ4v) is 1.57. The van der Waals surface area contributed by atoms with E-state index >= 15 is 0 Å². The van der Waals surface area contributed by atoms with Gasteiger partial charge in [-0.25, -0.2) is 4.79 Å². The van der Waals surface area contributed by atoms with Gasteiger partial charge in [0.25, 0.3) is 0 Å². The number of carbonyl (C=O) groups excluding carboxylic acids is 1. The molecule has 1 amide bonds. The van der Waals surface area contributed by atoms with Gasteiger partial charge in [0.05, 0.1) is 0 Å². The zero-order valence-corrected chi connectivity index (χ0v) is 9.56. The van der Waals surface area contributed by atoms with E-state index in [-0.39, 0.29) is 6.42 Å². The van der Waals surface area contributed by atoms with E-state index in [1.807, 2.05) is 6.26 Å². The second-order valence-electron chi connectivity index (χ2n) is 3.10. The highest BCUT2D eigenvalue weighted by Gasteiger charge is 2.39. The predicted molar refractivity (Wildman–Crippen MR) is 57.4 cm³/mol. The summed E-state index contributed by atoms with van der Waals surface area (Å²) in [7, 11) is 0. The van der Waals surface area contributed by atoms with Gasteiger partial charge in [-0.1, -0.05) is 0 Å². The quantitative estimate of drug-likeness (QED) is 0.652. The molecule has 0 aromatic rings. The second-order valence-corrected chi connectivity index (χ2v) is 4.09. The molecular formula is C9H14N2O3S. The minimum atomic E-state index is -1.78. The molecule has 84 valence electrons. The van der Waals surface area contributed by atoms with Gasteiger partial charge in [-0.15, -0.1) is 0 Å². The van der Waals surface area contributed by atoms with Gasteiger partial charge in [0.1, 0.15) is 6.07 Å². The van der Waals surface area contributed by atoms with Gasteiger partial charge >= 0.3 is 5.97 Å². The maximum absolute atomic E-state index is 10.9. The Morgan fingerprint density at radius 2 is 2.20 bits per heavy atom. The summed E-state index contributed by atoms with van der Waals surface area (Å²) in [6.07, 6.45) is 2.59. The summed E-state index contributed by atoms with van der Waals surface area (Å²) in [5.41, 5.74) is -1.78. The number of nitrogens with one attached hydrogen (secondary N) is 1. The maximum Gasteiger partial charge on any atom is 0.344 e. The number of nitriles is 1. The van der Waals surface area contributed by atoms with E-state index in [0.29, 0.717) is 6.42 Å². The summed E-state index contributed by atoms with van der Waals surface area (Å²) in [5, 5.41) is 20.0. The third-order valence-corrected chi connectivity index (χ3v) is 2.54. The number of nitrogens with zero attached hydrogens (tertiary/aromatic N) is 1. The molecule has 0 aliphatic rings. The molecule has 0 aliphatic carbocycles. The van der Waals surface area contributed by atoms with Crippen LogP contribution in [0.15, 0.2) is 0 Å². The molecule has 0 heterocycles. The SMILES string of the molecule is CSCCCC(C#N)(NC(C)=O)C(=O)O. The molecular weight excluding hydrogens is 216 g/mol. The van der Waals surface area contributed by atoms with Crippen LogP contribution in [-0.4, -0.2) is 34.5 Å². The third-order valence-electron chi connectivity index (χ3n) is 1.85. The average molecular weight is 230 g/mol. The van der Waals surface area contributed by atoms with Crippen LogP contribution in [0.1, 0.15) is 19.8 Å². The molecule has 0 radical (unpaired) electrons. The molecule has 0 saturated heterocycles. The number of carboxylic acids is 1. The van der Waals surface area contributed by atoms with Crippen molar-refractivity contribution in [3.05, 3.63) is 0 Å². The Labute approximate surface area is 92.8 Å². The summed E-state index contributed by atoms with van der Waals surface area (Å²) < 4.78 is 0. The van der Waals surface area contributed by atoms with Gasteiger partial charge in [-0.05, 0) is 24.9 Å². The lowest BCUT2D eigenvalue weighted by Gasteiger charge is -2.22. The van der Waals surface area contributed by atoms with E-state index in [1.165, 1.54) is 6.92 Å². The van der Waals surface area contributed by atoms with E-state index < -0.39 is 17.4 Å². The smallest absolute Gasteiger partial charge is 0.344 e. The molecule has 0 rings (SSSR count). The van der Waals surface area contributed by atoms with Crippen LogP contribution < -0.4 is 5.32 Å². The van der Waals surface area contributed by atoms with Crippen molar-refractivity contribution in [1.29, 1.82) is 5.26 Å². The lowest BCUT2D eigenvalue weighted by atomic mass is 9.95. The number of carboxylic acid groups (broad SMARTS) is 1. The van der Waals surface area contributed by atoms with Gasteiger partial charge < -0.3 is 10.4 Å². The standard InChI is InChI=1S/C9H14N2O3S/c1-7(12)11-9(6-10,8(13)14)4-3-5-15-2/h3-5H2,1-2H3,(H,11,12)(H,13,14). The Morgan fingerprint density at radius 3 is 2.53 bits per heavy atom. The Bertz CT molecular complexity index is 288. The van der Waals surface area contributed by atoms with Crippen molar-refractivity contribution < 1.29 is 14.7 Å². The highest BCUT2D eigenvalue weighted by atomic mass is 32.2. The number of hydrogen-bond donors (Lipinski definition) is 2. The zero-order valence-electron chi connectivity index (χ0n) is 8.74. The van der Waals surface area contributed by atoms with Crippen molar-refractivity contribution in [2.75, 3.05) is 12.0 Å². The molecule has 0 fully saturated rings. The van der Waals surface area contributed by atoms with E-state index in [4.69, 9.17) is 10.4 Å². The minimum Gasteiger partial charge on any atom is -0.479 e. The summed E-state index contributed by atoms with van der Waals surface area (Å²) in [6.45, 7) is 1.20. The normalized spacial score (nSPS) is 13.7. The summed E-state index contributed by atoms with van der Waals surface area (Å²) in [4.78, 5) is 21.8. The Kier molecular flexibility index (Phi) is 5.79. The molecule has 1 unspecified atom stereocenters. The molecule has 0 spiro atoms. The van der Waals surface area contributed by atoms with Crippen molar-refractivity contribution in [1.82, 2.24) is 5.32 Å². The molecule has 0 aromatic carbocycles. The van der Waals surface area contributed by atoms with Gasteiger partial charge in [-0.3, -0.25) is 4.79 Å².